The summed E-state index contributed by atoms with van der Waals surface area (Å²) in [5, 5.41) is 3.07. The SMILES string of the molecule is NNc1cncc(C(=O)NC2CCN3CCCC23)n1. The molecular formula is C12H18N6O. The van der Waals surface area contributed by atoms with Crippen molar-refractivity contribution in [1.82, 2.24) is 20.2 Å². The minimum absolute atomic E-state index is 0.177. The predicted octanol–water partition coefficient (Wildman–Crippen LogP) is -0.271. The number of carbonyl (C=O) groups excluding carboxylic acids is 1. The lowest BCUT2D eigenvalue weighted by atomic mass is 10.1. The number of hydrazine groups is 1. The molecule has 2 aliphatic rings. The lowest BCUT2D eigenvalue weighted by molar-refractivity contribution is 0.0924. The molecule has 2 aliphatic heterocycles. The van der Waals surface area contributed by atoms with Crippen LogP contribution in [0.15, 0.2) is 12.4 Å². The first-order valence-electron chi connectivity index (χ1n) is 6.61. The van der Waals surface area contributed by atoms with Crippen LogP contribution < -0.4 is 16.6 Å². The molecule has 0 saturated carbocycles. The number of nitrogens with zero attached hydrogens (tertiary/aromatic N) is 3. The number of nitrogens with one attached hydrogen (secondary N) is 2. The molecule has 1 aromatic heterocycles. The van der Waals surface area contributed by atoms with Crippen LogP contribution in [0.1, 0.15) is 29.8 Å². The van der Waals surface area contributed by atoms with E-state index in [4.69, 9.17) is 5.84 Å². The third-order valence-corrected chi connectivity index (χ3v) is 3.94. The zero-order chi connectivity index (χ0) is 13.2. The van der Waals surface area contributed by atoms with Gasteiger partial charge in [-0.3, -0.25) is 14.7 Å². The lowest BCUT2D eigenvalue weighted by Gasteiger charge is -2.21. The van der Waals surface area contributed by atoms with E-state index in [1.165, 1.54) is 25.2 Å². The molecule has 0 radical (unpaired) electrons. The minimum atomic E-state index is -0.177. The van der Waals surface area contributed by atoms with Crippen molar-refractivity contribution >= 4 is 11.7 Å². The smallest absolute Gasteiger partial charge is 0.271 e. The molecule has 0 aromatic carbocycles. The maximum absolute atomic E-state index is 12.2. The first-order valence-corrected chi connectivity index (χ1v) is 6.61. The minimum Gasteiger partial charge on any atom is -0.346 e. The third-order valence-electron chi connectivity index (χ3n) is 3.94. The fraction of sp³-hybridized carbons (Fsp3) is 0.583. The van der Waals surface area contributed by atoms with E-state index in [2.05, 4.69) is 25.6 Å². The first kappa shape index (κ1) is 12.3. The summed E-state index contributed by atoms with van der Waals surface area (Å²) in [6.07, 6.45) is 6.34. The number of amides is 1. The Balaban J connectivity index is 1.67. The maximum atomic E-state index is 12.2. The Morgan fingerprint density at radius 3 is 3.11 bits per heavy atom. The molecule has 2 unspecified atom stereocenters. The summed E-state index contributed by atoms with van der Waals surface area (Å²) in [7, 11) is 0. The van der Waals surface area contributed by atoms with Crippen molar-refractivity contribution in [3.05, 3.63) is 18.1 Å². The molecular weight excluding hydrogens is 244 g/mol. The maximum Gasteiger partial charge on any atom is 0.271 e. The molecule has 7 nitrogen and oxygen atoms in total. The summed E-state index contributed by atoms with van der Waals surface area (Å²) >= 11 is 0. The summed E-state index contributed by atoms with van der Waals surface area (Å²) < 4.78 is 0. The van der Waals surface area contributed by atoms with Gasteiger partial charge in [-0.15, -0.1) is 0 Å². The number of hydrogen-bond donors (Lipinski definition) is 3. The van der Waals surface area contributed by atoms with Crippen LogP contribution in [0.3, 0.4) is 0 Å². The van der Waals surface area contributed by atoms with Crippen LogP contribution in [-0.2, 0) is 0 Å². The molecule has 7 heteroatoms. The summed E-state index contributed by atoms with van der Waals surface area (Å²) in [4.78, 5) is 22.6. The monoisotopic (exact) mass is 262 g/mol. The van der Waals surface area contributed by atoms with Gasteiger partial charge in [0.1, 0.15) is 5.69 Å². The van der Waals surface area contributed by atoms with Gasteiger partial charge < -0.3 is 10.7 Å². The Hall–Kier alpha value is -1.73. The second-order valence-electron chi connectivity index (χ2n) is 5.05. The highest BCUT2D eigenvalue weighted by molar-refractivity contribution is 5.92. The van der Waals surface area contributed by atoms with Crippen molar-refractivity contribution in [3.63, 3.8) is 0 Å². The molecule has 2 atom stereocenters. The van der Waals surface area contributed by atoms with E-state index in [-0.39, 0.29) is 11.9 Å². The Kier molecular flexibility index (Phi) is 3.31. The number of rotatable bonds is 3. The van der Waals surface area contributed by atoms with Crippen LogP contribution in [0, 0.1) is 0 Å². The number of hydrogen-bond acceptors (Lipinski definition) is 6. The van der Waals surface area contributed by atoms with Gasteiger partial charge in [0.05, 0.1) is 12.4 Å². The molecule has 102 valence electrons. The van der Waals surface area contributed by atoms with Crippen molar-refractivity contribution in [2.45, 2.75) is 31.3 Å². The van der Waals surface area contributed by atoms with Crippen LogP contribution in [0.25, 0.3) is 0 Å². The number of anilines is 1. The van der Waals surface area contributed by atoms with Crippen molar-refractivity contribution in [1.29, 1.82) is 0 Å². The molecule has 3 heterocycles. The van der Waals surface area contributed by atoms with Gasteiger partial charge in [0, 0.05) is 18.6 Å². The first-order chi connectivity index (χ1) is 9.28. The molecule has 1 aromatic rings. The van der Waals surface area contributed by atoms with Crippen LogP contribution >= 0.6 is 0 Å². The topological polar surface area (TPSA) is 96.2 Å². The van der Waals surface area contributed by atoms with Crippen molar-refractivity contribution in [3.8, 4) is 0 Å². The third kappa shape index (κ3) is 2.39. The van der Waals surface area contributed by atoms with E-state index >= 15 is 0 Å². The average Bonchev–Trinajstić information content (AvgIpc) is 3.04. The molecule has 1 amide bonds. The molecule has 4 N–H and O–H groups in total. The number of carbonyl (C=O) groups is 1. The van der Waals surface area contributed by atoms with Crippen molar-refractivity contribution < 1.29 is 4.79 Å². The van der Waals surface area contributed by atoms with Gasteiger partial charge in [0.2, 0.25) is 0 Å². The Morgan fingerprint density at radius 1 is 1.37 bits per heavy atom. The molecule has 0 aliphatic carbocycles. The summed E-state index contributed by atoms with van der Waals surface area (Å²) in [5.41, 5.74) is 2.69. The van der Waals surface area contributed by atoms with E-state index in [1.807, 2.05) is 0 Å². The van der Waals surface area contributed by atoms with Gasteiger partial charge in [0.25, 0.3) is 5.91 Å². The van der Waals surface area contributed by atoms with Crippen LogP contribution in [-0.4, -0.2) is 45.9 Å². The second-order valence-corrected chi connectivity index (χ2v) is 5.05. The summed E-state index contributed by atoms with van der Waals surface area (Å²) in [6, 6.07) is 0.721. The highest BCUT2D eigenvalue weighted by Crippen LogP contribution is 2.27. The standard InChI is InChI=1S/C12H18N6O/c13-17-11-7-14-6-9(15-11)12(19)16-8-3-5-18-4-1-2-10(8)18/h6-8,10H,1-5,13H2,(H,15,17)(H,16,19). The average molecular weight is 262 g/mol. The van der Waals surface area contributed by atoms with Gasteiger partial charge in [0.15, 0.2) is 5.82 Å². The molecule has 0 bridgehead atoms. The normalized spacial score (nSPS) is 26.2. The van der Waals surface area contributed by atoms with Gasteiger partial charge in [-0.1, -0.05) is 0 Å². The fourth-order valence-electron chi connectivity index (χ4n) is 3.04. The van der Waals surface area contributed by atoms with Crippen LogP contribution in [0.5, 0.6) is 0 Å². The van der Waals surface area contributed by atoms with Gasteiger partial charge in [-0.05, 0) is 25.8 Å². The number of nitrogen functional groups attached to an aromatic ring is 1. The number of nitrogens with two attached hydrogens (primary N) is 1. The van der Waals surface area contributed by atoms with Gasteiger partial charge >= 0.3 is 0 Å². The predicted molar refractivity (Wildman–Crippen MR) is 70.3 cm³/mol. The van der Waals surface area contributed by atoms with E-state index in [0.717, 1.165) is 19.5 Å². The lowest BCUT2D eigenvalue weighted by Crippen LogP contribution is -2.42. The quantitative estimate of drug-likeness (QED) is 0.512. The molecule has 0 spiro atoms. The van der Waals surface area contributed by atoms with Gasteiger partial charge in [-0.25, -0.2) is 10.8 Å². The van der Waals surface area contributed by atoms with Crippen LogP contribution in [0.4, 0.5) is 5.82 Å². The largest absolute Gasteiger partial charge is 0.346 e. The van der Waals surface area contributed by atoms with E-state index in [9.17, 15) is 4.79 Å². The highest BCUT2D eigenvalue weighted by atomic mass is 16.2. The zero-order valence-corrected chi connectivity index (χ0v) is 10.7. The van der Waals surface area contributed by atoms with Gasteiger partial charge in [-0.2, -0.15) is 0 Å². The Labute approximate surface area is 111 Å². The van der Waals surface area contributed by atoms with Crippen molar-refractivity contribution in [2.24, 2.45) is 5.84 Å². The Bertz CT molecular complexity index is 479. The van der Waals surface area contributed by atoms with E-state index in [1.54, 1.807) is 0 Å². The summed E-state index contributed by atoms with van der Waals surface area (Å²) in [6.45, 7) is 2.23. The molecule has 3 rings (SSSR count). The fourth-order valence-corrected chi connectivity index (χ4v) is 3.04. The number of fused-ring (bicyclic) bond motifs is 1. The van der Waals surface area contributed by atoms with Crippen LogP contribution in [0.2, 0.25) is 0 Å². The Morgan fingerprint density at radius 2 is 2.26 bits per heavy atom. The number of aromatic nitrogens is 2. The van der Waals surface area contributed by atoms with E-state index in [0.29, 0.717) is 17.6 Å². The molecule has 2 fully saturated rings. The van der Waals surface area contributed by atoms with Crippen molar-refractivity contribution in [2.75, 3.05) is 18.5 Å². The summed E-state index contributed by atoms with van der Waals surface area (Å²) in [5.74, 6) is 5.47. The highest BCUT2D eigenvalue weighted by Gasteiger charge is 2.37. The molecule has 2 saturated heterocycles. The second kappa shape index (κ2) is 5.10. The zero-order valence-electron chi connectivity index (χ0n) is 10.7. The molecule has 19 heavy (non-hydrogen) atoms. The van der Waals surface area contributed by atoms with E-state index < -0.39 is 0 Å².